The van der Waals surface area contributed by atoms with Crippen LogP contribution in [0.4, 0.5) is 0 Å². The van der Waals surface area contributed by atoms with Crippen LogP contribution in [0.1, 0.15) is 24.8 Å². The second-order valence-electron chi connectivity index (χ2n) is 4.41. The summed E-state index contributed by atoms with van der Waals surface area (Å²) in [5.74, 6) is 0.604. The number of hydrogen-bond donors (Lipinski definition) is 2. The van der Waals surface area contributed by atoms with Gasteiger partial charge in [-0.25, -0.2) is 0 Å². The molecule has 1 fully saturated rings. The average molecular weight is 204 g/mol. The van der Waals surface area contributed by atoms with Crippen LogP contribution in [0.15, 0.2) is 30.3 Å². The lowest BCUT2D eigenvalue weighted by Crippen LogP contribution is -2.33. The van der Waals surface area contributed by atoms with Gasteiger partial charge in [0.05, 0.1) is 0 Å². The monoisotopic (exact) mass is 204 g/mol. The van der Waals surface area contributed by atoms with Gasteiger partial charge in [0.25, 0.3) is 0 Å². The van der Waals surface area contributed by atoms with E-state index in [0.29, 0.717) is 12.0 Å². The molecule has 2 nitrogen and oxygen atoms in total. The molecule has 2 N–H and O–H groups in total. The quantitative estimate of drug-likeness (QED) is 0.780. The average Bonchev–Trinajstić information content (AvgIpc) is 2.80. The Labute approximate surface area is 92.1 Å². The minimum absolute atomic E-state index is 0.604. The first-order valence-electron chi connectivity index (χ1n) is 5.85. The summed E-state index contributed by atoms with van der Waals surface area (Å²) in [5, 5.41) is 6.99. The molecule has 1 aliphatic rings. The maximum atomic E-state index is 3.62. The minimum atomic E-state index is 0.604. The van der Waals surface area contributed by atoms with Gasteiger partial charge in [-0.05, 0) is 24.4 Å². The molecule has 0 amide bonds. The highest BCUT2D eigenvalue weighted by Crippen LogP contribution is 2.13. The van der Waals surface area contributed by atoms with Gasteiger partial charge in [0.15, 0.2) is 0 Å². The first-order valence-corrected chi connectivity index (χ1v) is 5.85. The number of nitrogens with one attached hydrogen (secondary N) is 2. The molecule has 2 rings (SSSR count). The van der Waals surface area contributed by atoms with Gasteiger partial charge in [-0.15, -0.1) is 0 Å². The van der Waals surface area contributed by atoms with Crippen molar-refractivity contribution in [3.8, 4) is 0 Å². The molecule has 0 bridgehead atoms. The van der Waals surface area contributed by atoms with Crippen LogP contribution in [0, 0.1) is 0 Å². The fourth-order valence-electron chi connectivity index (χ4n) is 2.07. The van der Waals surface area contributed by atoms with Crippen molar-refractivity contribution in [2.24, 2.45) is 0 Å². The van der Waals surface area contributed by atoms with Gasteiger partial charge in [0.1, 0.15) is 0 Å². The van der Waals surface area contributed by atoms with E-state index < -0.39 is 0 Å². The zero-order valence-corrected chi connectivity index (χ0v) is 9.37. The molecule has 0 radical (unpaired) electrons. The zero-order valence-electron chi connectivity index (χ0n) is 9.37. The van der Waals surface area contributed by atoms with Crippen molar-refractivity contribution < 1.29 is 0 Å². The molecule has 1 saturated heterocycles. The lowest BCUT2D eigenvalue weighted by molar-refractivity contribution is 0.518. The highest BCUT2D eigenvalue weighted by molar-refractivity contribution is 5.19. The molecule has 15 heavy (non-hydrogen) atoms. The predicted octanol–water partition coefficient (Wildman–Crippen LogP) is 1.74. The van der Waals surface area contributed by atoms with Crippen molar-refractivity contribution >= 4 is 0 Å². The van der Waals surface area contributed by atoms with Gasteiger partial charge in [0.2, 0.25) is 0 Å². The lowest BCUT2D eigenvalue weighted by Gasteiger charge is -2.16. The summed E-state index contributed by atoms with van der Waals surface area (Å²) in [5.41, 5.74) is 1.43. The molecule has 1 heterocycles. The Morgan fingerprint density at radius 2 is 2.20 bits per heavy atom. The summed E-state index contributed by atoms with van der Waals surface area (Å²) in [6, 6.07) is 11.4. The van der Waals surface area contributed by atoms with E-state index in [4.69, 9.17) is 0 Å². The van der Waals surface area contributed by atoms with Crippen LogP contribution in [0.25, 0.3) is 0 Å². The number of hydrogen-bond acceptors (Lipinski definition) is 2. The van der Waals surface area contributed by atoms with Crippen LogP contribution in [0.5, 0.6) is 0 Å². The Morgan fingerprint density at radius 1 is 1.40 bits per heavy atom. The smallest absolute Gasteiger partial charge is 0.0204 e. The molecular weight excluding hydrogens is 184 g/mol. The molecule has 1 aromatic carbocycles. The van der Waals surface area contributed by atoms with Crippen LogP contribution in [-0.2, 0) is 0 Å². The van der Waals surface area contributed by atoms with Crippen LogP contribution in [-0.4, -0.2) is 25.7 Å². The van der Waals surface area contributed by atoms with Crippen LogP contribution >= 0.6 is 0 Å². The van der Waals surface area contributed by atoms with Gasteiger partial charge in [-0.2, -0.15) is 0 Å². The Kier molecular flexibility index (Phi) is 3.75. The van der Waals surface area contributed by atoms with Gasteiger partial charge >= 0.3 is 0 Å². The Morgan fingerprint density at radius 3 is 2.87 bits per heavy atom. The summed E-state index contributed by atoms with van der Waals surface area (Å²) in [7, 11) is 0. The van der Waals surface area contributed by atoms with E-state index in [1.54, 1.807) is 0 Å². The molecule has 82 valence electrons. The maximum absolute atomic E-state index is 3.62. The fourth-order valence-corrected chi connectivity index (χ4v) is 2.07. The minimum Gasteiger partial charge on any atom is -0.315 e. The second kappa shape index (κ2) is 5.29. The molecule has 0 saturated carbocycles. The molecule has 2 atom stereocenters. The second-order valence-corrected chi connectivity index (χ2v) is 4.41. The predicted molar refractivity (Wildman–Crippen MR) is 64.1 cm³/mol. The SMILES string of the molecule is CC(CNC1CCNC1)c1ccccc1. The summed E-state index contributed by atoms with van der Waals surface area (Å²) >= 11 is 0. The van der Waals surface area contributed by atoms with Gasteiger partial charge in [-0.3, -0.25) is 0 Å². The topological polar surface area (TPSA) is 24.1 Å². The Balaban J connectivity index is 1.79. The van der Waals surface area contributed by atoms with E-state index in [-0.39, 0.29) is 0 Å². The van der Waals surface area contributed by atoms with Crippen molar-refractivity contribution in [2.45, 2.75) is 25.3 Å². The third-order valence-electron chi connectivity index (χ3n) is 3.14. The highest BCUT2D eigenvalue weighted by Gasteiger charge is 2.14. The zero-order chi connectivity index (χ0) is 10.5. The summed E-state index contributed by atoms with van der Waals surface area (Å²) in [6.07, 6.45) is 1.27. The number of rotatable bonds is 4. The molecule has 0 aromatic heterocycles. The Bertz CT molecular complexity index is 278. The molecule has 2 heteroatoms. The van der Waals surface area contributed by atoms with Crippen molar-refractivity contribution in [3.05, 3.63) is 35.9 Å². The van der Waals surface area contributed by atoms with Crippen LogP contribution in [0.3, 0.4) is 0 Å². The van der Waals surface area contributed by atoms with Crippen molar-refractivity contribution in [1.29, 1.82) is 0 Å². The molecule has 2 unspecified atom stereocenters. The van der Waals surface area contributed by atoms with Crippen molar-refractivity contribution in [1.82, 2.24) is 10.6 Å². The van der Waals surface area contributed by atoms with E-state index in [9.17, 15) is 0 Å². The number of benzene rings is 1. The van der Waals surface area contributed by atoms with Gasteiger partial charge in [0, 0.05) is 19.1 Å². The van der Waals surface area contributed by atoms with Crippen LogP contribution < -0.4 is 10.6 Å². The highest BCUT2D eigenvalue weighted by atomic mass is 15.0. The standard InChI is InChI=1S/C13H20N2/c1-11(12-5-3-2-4-6-12)9-15-13-7-8-14-10-13/h2-6,11,13-15H,7-10H2,1H3. The fraction of sp³-hybridized carbons (Fsp3) is 0.538. The summed E-state index contributed by atoms with van der Waals surface area (Å²) in [4.78, 5) is 0. The molecule has 1 aromatic rings. The lowest BCUT2D eigenvalue weighted by atomic mass is 10.0. The third-order valence-corrected chi connectivity index (χ3v) is 3.14. The van der Waals surface area contributed by atoms with Gasteiger partial charge in [-0.1, -0.05) is 37.3 Å². The normalized spacial score (nSPS) is 22.9. The molecule has 0 spiro atoms. The van der Waals surface area contributed by atoms with Gasteiger partial charge < -0.3 is 10.6 Å². The van der Waals surface area contributed by atoms with E-state index >= 15 is 0 Å². The largest absolute Gasteiger partial charge is 0.315 e. The third kappa shape index (κ3) is 3.05. The molecular formula is C13H20N2. The summed E-state index contributed by atoms with van der Waals surface area (Å²) < 4.78 is 0. The van der Waals surface area contributed by atoms with Crippen molar-refractivity contribution in [2.75, 3.05) is 19.6 Å². The van der Waals surface area contributed by atoms with E-state index in [0.717, 1.165) is 19.6 Å². The maximum Gasteiger partial charge on any atom is 0.0204 e. The first kappa shape index (κ1) is 10.7. The van der Waals surface area contributed by atoms with E-state index in [1.807, 2.05) is 0 Å². The van der Waals surface area contributed by atoms with Crippen molar-refractivity contribution in [3.63, 3.8) is 0 Å². The Hall–Kier alpha value is -0.860. The summed E-state index contributed by atoms with van der Waals surface area (Å²) in [6.45, 7) is 5.65. The van der Waals surface area contributed by atoms with Crippen LogP contribution in [0.2, 0.25) is 0 Å². The van der Waals surface area contributed by atoms with E-state index in [2.05, 4.69) is 47.9 Å². The first-order chi connectivity index (χ1) is 7.36. The molecule has 0 aliphatic carbocycles. The molecule has 1 aliphatic heterocycles. The van der Waals surface area contributed by atoms with E-state index in [1.165, 1.54) is 12.0 Å².